The summed E-state index contributed by atoms with van der Waals surface area (Å²) in [4.78, 5) is 18.3. The van der Waals surface area contributed by atoms with E-state index in [4.69, 9.17) is 0 Å². The Kier molecular flexibility index (Phi) is 4.53. The number of aromatic nitrogens is 3. The van der Waals surface area contributed by atoms with Gasteiger partial charge in [-0.25, -0.2) is 0 Å². The fourth-order valence-electron chi connectivity index (χ4n) is 3.62. The molecule has 21 heavy (non-hydrogen) atoms. The van der Waals surface area contributed by atoms with Gasteiger partial charge in [-0.1, -0.05) is 0 Å². The van der Waals surface area contributed by atoms with Gasteiger partial charge in [-0.05, 0) is 51.6 Å². The first kappa shape index (κ1) is 14.5. The topological polar surface area (TPSA) is 54.3 Å². The highest BCUT2D eigenvalue weighted by Crippen LogP contribution is 2.26. The van der Waals surface area contributed by atoms with Crippen LogP contribution < -0.4 is 0 Å². The first-order valence-corrected chi connectivity index (χ1v) is 8.10. The highest BCUT2D eigenvalue weighted by Gasteiger charge is 2.30. The van der Waals surface area contributed by atoms with Crippen LogP contribution in [0.2, 0.25) is 0 Å². The van der Waals surface area contributed by atoms with Crippen molar-refractivity contribution in [1.29, 1.82) is 0 Å². The Balaban J connectivity index is 1.47. The van der Waals surface area contributed by atoms with Crippen molar-refractivity contribution >= 4 is 5.91 Å². The van der Waals surface area contributed by atoms with Crippen LogP contribution in [0.25, 0.3) is 0 Å². The molecule has 1 atom stereocenters. The van der Waals surface area contributed by atoms with E-state index in [1.165, 1.54) is 30.7 Å². The van der Waals surface area contributed by atoms with E-state index < -0.39 is 0 Å². The minimum Gasteiger partial charge on any atom is -0.341 e. The van der Waals surface area contributed by atoms with Crippen LogP contribution in [0.3, 0.4) is 0 Å². The third kappa shape index (κ3) is 3.43. The van der Waals surface area contributed by atoms with Crippen LogP contribution in [0, 0.1) is 5.92 Å². The van der Waals surface area contributed by atoms with E-state index in [1.807, 2.05) is 4.90 Å². The maximum Gasteiger partial charge on any atom is 0.246 e. The van der Waals surface area contributed by atoms with Crippen LogP contribution in [0.1, 0.15) is 32.6 Å². The number of hydrogen-bond acceptors (Lipinski definition) is 4. The second-order valence-electron chi connectivity index (χ2n) is 6.26. The summed E-state index contributed by atoms with van der Waals surface area (Å²) in [6.45, 7) is 6.89. The van der Waals surface area contributed by atoms with Crippen molar-refractivity contribution in [3.63, 3.8) is 0 Å². The highest BCUT2D eigenvalue weighted by molar-refractivity contribution is 5.75. The second-order valence-corrected chi connectivity index (χ2v) is 6.26. The van der Waals surface area contributed by atoms with Crippen molar-refractivity contribution < 1.29 is 4.79 Å². The van der Waals surface area contributed by atoms with Crippen molar-refractivity contribution in [3.8, 4) is 0 Å². The molecule has 116 valence electrons. The first-order chi connectivity index (χ1) is 10.2. The van der Waals surface area contributed by atoms with Gasteiger partial charge in [0.2, 0.25) is 5.91 Å². The SMILES string of the molecule is CC(C1CCN(C(=O)Cn2nccn2)CC1)N1CCCC1. The molecule has 1 amide bonds. The molecule has 0 radical (unpaired) electrons. The lowest BCUT2D eigenvalue weighted by molar-refractivity contribution is -0.134. The molecule has 0 saturated carbocycles. The zero-order valence-corrected chi connectivity index (χ0v) is 12.8. The molecule has 1 unspecified atom stereocenters. The van der Waals surface area contributed by atoms with E-state index in [0.717, 1.165) is 31.8 Å². The van der Waals surface area contributed by atoms with E-state index in [0.29, 0.717) is 6.04 Å². The minimum absolute atomic E-state index is 0.137. The maximum atomic E-state index is 12.2. The molecule has 3 rings (SSSR count). The molecule has 0 spiro atoms. The van der Waals surface area contributed by atoms with Crippen LogP contribution in [0.4, 0.5) is 0 Å². The average Bonchev–Trinajstić information content (AvgIpc) is 3.20. The van der Waals surface area contributed by atoms with E-state index >= 15 is 0 Å². The van der Waals surface area contributed by atoms with Crippen molar-refractivity contribution in [2.24, 2.45) is 5.92 Å². The second kappa shape index (κ2) is 6.56. The third-order valence-corrected chi connectivity index (χ3v) is 5.03. The first-order valence-electron chi connectivity index (χ1n) is 8.10. The Hall–Kier alpha value is -1.43. The Morgan fingerprint density at radius 2 is 1.76 bits per heavy atom. The lowest BCUT2D eigenvalue weighted by Gasteiger charge is -2.38. The zero-order chi connectivity index (χ0) is 14.7. The van der Waals surface area contributed by atoms with Crippen molar-refractivity contribution in [2.75, 3.05) is 26.2 Å². The normalized spacial score (nSPS) is 22.6. The molecule has 0 N–H and O–H groups in total. The lowest BCUT2D eigenvalue weighted by Crippen LogP contribution is -2.45. The van der Waals surface area contributed by atoms with Crippen molar-refractivity contribution in [3.05, 3.63) is 12.4 Å². The van der Waals surface area contributed by atoms with Gasteiger partial charge in [0.25, 0.3) is 0 Å². The fraction of sp³-hybridized carbons (Fsp3) is 0.800. The summed E-state index contributed by atoms with van der Waals surface area (Å²) in [5.74, 6) is 0.869. The zero-order valence-electron chi connectivity index (χ0n) is 12.8. The monoisotopic (exact) mass is 291 g/mol. The number of amides is 1. The Labute approximate surface area is 126 Å². The number of likely N-dealkylation sites (tertiary alicyclic amines) is 2. The molecule has 2 saturated heterocycles. The molecule has 2 aliphatic rings. The molecule has 2 fully saturated rings. The predicted octanol–water partition coefficient (Wildman–Crippen LogP) is 1.00. The Bertz CT molecular complexity index is 447. The number of piperidine rings is 1. The van der Waals surface area contributed by atoms with Crippen LogP contribution in [0.5, 0.6) is 0 Å². The Morgan fingerprint density at radius 1 is 1.14 bits per heavy atom. The van der Waals surface area contributed by atoms with E-state index in [-0.39, 0.29) is 12.5 Å². The number of rotatable bonds is 4. The van der Waals surface area contributed by atoms with Crippen LogP contribution in [-0.2, 0) is 11.3 Å². The van der Waals surface area contributed by atoms with Gasteiger partial charge in [0.1, 0.15) is 6.54 Å². The Morgan fingerprint density at radius 3 is 2.38 bits per heavy atom. The largest absolute Gasteiger partial charge is 0.341 e. The minimum atomic E-state index is 0.137. The summed E-state index contributed by atoms with van der Waals surface area (Å²) in [5, 5.41) is 8.00. The van der Waals surface area contributed by atoms with Crippen LogP contribution in [-0.4, -0.2) is 62.9 Å². The van der Waals surface area contributed by atoms with Crippen molar-refractivity contribution in [1.82, 2.24) is 24.8 Å². The number of hydrogen-bond donors (Lipinski definition) is 0. The molecular weight excluding hydrogens is 266 g/mol. The molecule has 3 heterocycles. The molecule has 0 aromatic carbocycles. The summed E-state index contributed by atoms with van der Waals surface area (Å²) in [6.07, 6.45) is 8.15. The van der Waals surface area contributed by atoms with Gasteiger partial charge >= 0.3 is 0 Å². The van der Waals surface area contributed by atoms with Crippen molar-refractivity contribution in [2.45, 2.75) is 45.2 Å². The number of nitrogens with zero attached hydrogens (tertiary/aromatic N) is 5. The maximum absolute atomic E-state index is 12.2. The van der Waals surface area contributed by atoms with Gasteiger partial charge in [0.05, 0.1) is 12.4 Å². The average molecular weight is 291 g/mol. The third-order valence-electron chi connectivity index (χ3n) is 5.03. The van der Waals surface area contributed by atoms with Gasteiger partial charge in [-0.15, -0.1) is 0 Å². The molecule has 6 nitrogen and oxygen atoms in total. The fourth-order valence-corrected chi connectivity index (χ4v) is 3.62. The number of carbonyl (C=O) groups excluding carboxylic acids is 1. The van der Waals surface area contributed by atoms with Gasteiger partial charge < -0.3 is 9.80 Å². The van der Waals surface area contributed by atoms with Gasteiger partial charge in [0, 0.05) is 19.1 Å². The standard InChI is InChI=1S/C15H25N5O/c1-13(18-8-2-3-9-18)14-4-10-19(11-5-14)15(21)12-20-16-6-7-17-20/h6-7,13-14H,2-5,8-12H2,1H3. The molecule has 0 aliphatic carbocycles. The molecule has 0 bridgehead atoms. The summed E-state index contributed by atoms with van der Waals surface area (Å²) in [5.41, 5.74) is 0. The molecule has 1 aromatic rings. The summed E-state index contributed by atoms with van der Waals surface area (Å²) < 4.78 is 0. The summed E-state index contributed by atoms with van der Waals surface area (Å²) in [6, 6.07) is 0.664. The van der Waals surface area contributed by atoms with Gasteiger partial charge in [0.15, 0.2) is 0 Å². The smallest absolute Gasteiger partial charge is 0.246 e. The van der Waals surface area contributed by atoms with E-state index in [9.17, 15) is 4.79 Å². The quantitative estimate of drug-likeness (QED) is 0.830. The summed E-state index contributed by atoms with van der Waals surface area (Å²) >= 11 is 0. The van der Waals surface area contributed by atoms with Gasteiger partial charge in [-0.2, -0.15) is 15.0 Å². The molecule has 2 aliphatic heterocycles. The van der Waals surface area contributed by atoms with Crippen LogP contribution >= 0.6 is 0 Å². The molecule has 1 aromatic heterocycles. The highest BCUT2D eigenvalue weighted by atomic mass is 16.2. The predicted molar refractivity (Wildman–Crippen MR) is 79.6 cm³/mol. The summed E-state index contributed by atoms with van der Waals surface area (Å²) in [7, 11) is 0. The van der Waals surface area contributed by atoms with Gasteiger partial charge in [-0.3, -0.25) is 4.79 Å². The van der Waals surface area contributed by atoms with Crippen LogP contribution in [0.15, 0.2) is 12.4 Å². The van der Waals surface area contributed by atoms with E-state index in [2.05, 4.69) is 22.0 Å². The number of carbonyl (C=O) groups is 1. The molecule has 6 heteroatoms. The molecular formula is C15H25N5O. The van der Waals surface area contributed by atoms with E-state index in [1.54, 1.807) is 12.4 Å². The lowest BCUT2D eigenvalue weighted by atomic mass is 9.89.